The number of carbonyl (C=O) groups excluding carboxylic acids is 2. The minimum Gasteiger partial charge on any atom is -0.454 e. The zero-order chi connectivity index (χ0) is 21.6. The third kappa shape index (κ3) is 5.82. The van der Waals surface area contributed by atoms with Gasteiger partial charge in [0.1, 0.15) is 0 Å². The van der Waals surface area contributed by atoms with E-state index in [9.17, 15) is 9.59 Å². The van der Waals surface area contributed by atoms with E-state index in [0.29, 0.717) is 36.2 Å². The lowest BCUT2D eigenvalue weighted by atomic mass is 9.93. The number of halogens is 1. The van der Waals surface area contributed by atoms with Crippen LogP contribution in [0.1, 0.15) is 31.2 Å². The lowest BCUT2D eigenvalue weighted by Crippen LogP contribution is -2.42. The van der Waals surface area contributed by atoms with Crippen LogP contribution >= 0.6 is 11.6 Å². The molecule has 0 saturated carbocycles. The van der Waals surface area contributed by atoms with Crippen LogP contribution in [0, 0.1) is 5.92 Å². The van der Waals surface area contributed by atoms with Gasteiger partial charge in [-0.15, -0.1) is 0 Å². The highest BCUT2D eigenvalue weighted by atomic mass is 35.5. The molecule has 7 nitrogen and oxygen atoms in total. The number of rotatable bonds is 6. The molecule has 2 aromatic rings. The zero-order valence-electron chi connectivity index (χ0n) is 17.2. The topological polar surface area (TPSA) is 79.9 Å². The number of anilines is 1. The monoisotopic (exact) mass is 443 g/mol. The first-order chi connectivity index (χ1) is 15.1. The molecule has 2 aromatic carbocycles. The first kappa shape index (κ1) is 21.3. The van der Waals surface area contributed by atoms with Crippen molar-refractivity contribution < 1.29 is 19.1 Å². The molecular formula is C23H26ClN3O4. The minimum atomic E-state index is -0.112. The van der Waals surface area contributed by atoms with Crippen molar-refractivity contribution in [2.24, 2.45) is 5.92 Å². The molecule has 3 amide bonds. The SMILES string of the molecule is O=C(CC[C@@H]1CCCN(C(=O)Nc2ccc(Cl)cc2)C1)NCc1ccc2c(c1)OCO2. The third-order valence-electron chi connectivity index (χ3n) is 5.61. The molecule has 2 aliphatic rings. The molecule has 31 heavy (non-hydrogen) atoms. The fourth-order valence-corrected chi connectivity index (χ4v) is 4.02. The lowest BCUT2D eigenvalue weighted by Gasteiger charge is -2.32. The number of amides is 3. The molecule has 2 heterocycles. The second-order valence-electron chi connectivity index (χ2n) is 7.89. The van der Waals surface area contributed by atoms with E-state index in [-0.39, 0.29) is 18.7 Å². The third-order valence-corrected chi connectivity index (χ3v) is 5.86. The number of carbonyl (C=O) groups is 2. The molecule has 0 aliphatic carbocycles. The van der Waals surface area contributed by atoms with Crippen LogP contribution in [0.4, 0.5) is 10.5 Å². The number of piperidine rings is 1. The van der Waals surface area contributed by atoms with Crippen molar-refractivity contribution in [3.63, 3.8) is 0 Å². The summed E-state index contributed by atoms with van der Waals surface area (Å²) in [6, 6.07) is 12.6. The number of hydrogen-bond acceptors (Lipinski definition) is 4. The van der Waals surface area contributed by atoms with Gasteiger partial charge < -0.3 is 25.0 Å². The molecule has 164 valence electrons. The molecule has 0 spiro atoms. The Morgan fingerprint density at radius 1 is 1.10 bits per heavy atom. The maximum atomic E-state index is 12.6. The van der Waals surface area contributed by atoms with Gasteiger partial charge in [-0.2, -0.15) is 0 Å². The maximum Gasteiger partial charge on any atom is 0.321 e. The van der Waals surface area contributed by atoms with Crippen LogP contribution in [0.5, 0.6) is 11.5 Å². The average molecular weight is 444 g/mol. The fourth-order valence-electron chi connectivity index (χ4n) is 3.90. The molecule has 4 rings (SSSR count). The van der Waals surface area contributed by atoms with Crippen molar-refractivity contribution in [2.75, 3.05) is 25.2 Å². The summed E-state index contributed by atoms with van der Waals surface area (Å²) in [4.78, 5) is 26.7. The van der Waals surface area contributed by atoms with E-state index in [1.54, 1.807) is 24.3 Å². The number of likely N-dealkylation sites (tertiary alicyclic amines) is 1. The molecule has 1 atom stereocenters. The number of nitrogens with one attached hydrogen (secondary N) is 2. The van der Waals surface area contributed by atoms with Crippen LogP contribution in [0.2, 0.25) is 5.02 Å². The number of urea groups is 1. The highest BCUT2D eigenvalue weighted by Gasteiger charge is 2.24. The van der Waals surface area contributed by atoms with Gasteiger partial charge >= 0.3 is 6.03 Å². The summed E-state index contributed by atoms with van der Waals surface area (Å²) >= 11 is 5.89. The van der Waals surface area contributed by atoms with Gasteiger partial charge in [0.25, 0.3) is 0 Å². The largest absolute Gasteiger partial charge is 0.454 e. The van der Waals surface area contributed by atoms with E-state index in [0.717, 1.165) is 42.8 Å². The quantitative estimate of drug-likeness (QED) is 0.693. The summed E-state index contributed by atoms with van der Waals surface area (Å²) in [6.07, 6.45) is 3.18. The first-order valence-electron chi connectivity index (χ1n) is 10.5. The number of fused-ring (bicyclic) bond motifs is 1. The van der Waals surface area contributed by atoms with Crippen LogP contribution in [0.15, 0.2) is 42.5 Å². The standard InChI is InChI=1S/C23H26ClN3O4/c24-18-5-7-19(8-6-18)26-23(29)27-11-1-2-16(14-27)4-10-22(28)25-13-17-3-9-20-21(12-17)31-15-30-20/h3,5-9,12,16H,1-2,4,10-11,13-15H2,(H,25,28)(H,26,29)/t16-/m0/s1. The Labute approximate surface area is 186 Å². The normalized spacial score (nSPS) is 17.3. The molecule has 1 saturated heterocycles. The highest BCUT2D eigenvalue weighted by Crippen LogP contribution is 2.32. The predicted octanol–water partition coefficient (Wildman–Crippen LogP) is 4.41. The Morgan fingerprint density at radius 3 is 2.74 bits per heavy atom. The predicted molar refractivity (Wildman–Crippen MR) is 118 cm³/mol. The van der Waals surface area contributed by atoms with Gasteiger partial charge in [0.2, 0.25) is 12.7 Å². The van der Waals surface area contributed by atoms with Crippen LogP contribution in [0.3, 0.4) is 0 Å². The summed E-state index contributed by atoms with van der Waals surface area (Å²) < 4.78 is 10.7. The van der Waals surface area contributed by atoms with Crippen molar-refractivity contribution >= 4 is 29.2 Å². The molecule has 0 bridgehead atoms. The number of hydrogen-bond donors (Lipinski definition) is 2. The number of nitrogens with zero attached hydrogens (tertiary/aromatic N) is 1. The van der Waals surface area contributed by atoms with E-state index < -0.39 is 0 Å². The molecule has 1 fully saturated rings. The summed E-state index contributed by atoms with van der Waals surface area (Å²) in [5.74, 6) is 1.78. The van der Waals surface area contributed by atoms with E-state index in [2.05, 4.69) is 10.6 Å². The molecule has 0 radical (unpaired) electrons. The Bertz CT molecular complexity index is 935. The van der Waals surface area contributed by atoms with Gasteiger partial charge in [-0.1, -0.05) is 17.7 Å². The van der Waals surface area contributed by atoms with E-state index >= 15 is 0 Å². The molecular weight excluding hydrogens is 418 g/mol. The Balaban J connectivity index is 1.19. The summed E-state index contributed by atoms with van der Waals surface area (Å²) in [6.45, 7) is 2.08. The van der Waals surface area contributed by atoms with Gasteiger partial charge in [-0.25, -0.2) is 4.79 Å². The maximum absolute atomic E-state index is 12.6. The Morgan fingerprint density at radius 2 is 1.90 bits per heavy atom. The van der Waals surface area contributed by atoms with Gasteiger partial charge in [0, 0.05) is 36.8 Å². The number of ether oxygens (including phenoxy) is 2. The first-order valence-corrected chi connectivity index (χ1v) is 10.9. The fraction of sp³-hybridized carbons (Fsp3) is 0.391. The molecule has 0 aromatic heterocycles. The van der Waals surface area contributed by atoms with Crippen LogP contribution in [-0.4, -0.2) is 36.7 Å². The highest BCUT2D eigenvalue weighted by molar-refractivity contribution is 6.30. The van der Waals surface area contributed by atoms with E-state index in [1.165, 1.54) is 0 Å². The molecule has 0 unspecified atom stereocenters. The smallest absolute Gasteiger partial charge is 0.321 e. The van der Waals surface area contributed by atoms with Crippen molar-refractivity contribution in [1.82, 2.24) is 10.2 Å². The van der Waals surface area contributed by atoms with Crippen LogP contribution < -0.4 is 20.1 Å². The summed E-state index contributed by atoms with van der Waals surface area (Å²) in [7, 11) is 0. The van der Waals surface area contributed by atoms with E-state index in [4.69, 9.17) is 21.1 Å². The average Bonchev–Trinajstić information content (AvgIpc) is 3.26. The van der Waals surface area contributed by atoms with Gasteiger partial charge in [0.05, 0.1) is 0 Å². The van der Waals surface area contributed by atoms with Gasteiger partial charge in [0.15, 0.2) is 11.5 Å². The Hall–Kier alpha value is -2.93. The second-order valence-corrected chi connectivity index (χ2v) is 8.33. The Kier molecular flexibility index (Phi) is 6.82. The van der Waals surface area contributed by atoms with Crippen molar-refractivity contribution in [3.8, 4) is 11.5 Å². The molecule has 2 aliphatic heterocycles. The second kappa shape index (κ2) is 9.92. The number of benzene rings is 2. The molecule has 8 heteroatoms. The summed E-state index contributed by atoms with van der Waals surface area (Å²) in [5.41, 5.74) is 1.69. The van der Waals surface area contributed by atoms with E-state index in [1.807, 2.05) is 23.1 Å². The zero-order valence-corrected chi connectivity index (χ0v) is 18.0. The molecule has 2 N–H and O–H groups in total. The van der Waals surface area contributed by atoms with Crippen molar-refractivity contribution in [3.05, 3.63) is 53.1 Å². The van der Waals surface area contributed by atoms with Crippen LogP contribution in [0.25, 0.3) is 0 Å². The van der Waals surface area contributed by atoms with Crippen molar-refractivity contribution in [1.29, 1.82) is 0 Å². The van der Waals surface area contributed by atoms with Gasteiger partial charge in [-0.3, -0.25) is 4.79 Å². The van der Waals surface area contributed by atoms with Crippen LogP contribution in [-0.2, 0) is 11.3 Å². The van der Waals surface area contributed by atoms with Crippen molar-refractivity contribution in [2.45, 2.75) is 32.2 Å². The minimum absolute atomic E-state index is 0.0143. The summed E-state index contributed by atoms with van der Waals surface area (Å²) in [5, 5.41) is 6.50. The lowest BCUT2D eigenvalue weighted by molar-refractivity contribution is -0.121. The van der Waals surface area contributed by atoms with Gasteiger partial charge in [-0.05, 0) is 67.1 Å².